The summed E-state index contributed by atoms with van der Waals surface area (Å²) < 4.78 is 45.9. The van der Waals surface area contributed by atoms with E-state index in [2.05, 4.69) is 47.4 Å². The van der Waals surface area contributed by atoms with Crippen LogP contribution >= 0.6 is 11.3 Å². The fourth-order valence-corrected chi connectivity index (χ4v) is 6.32. The maximum Gasteiger partial charge on any atom is 0.0645 e. The van der Waals surface area contributed by atoms with Gasteiger partial charge in [0, 0.05) is 58.4 Å². The minimum atomic E-state index is -0.389. The average molecular weight is 444 g/mol. The van der Waals surface area contributed by atoms with Gasteiger partial charge in [-0.3, -0.25) is 0 Å². The molecule has 3 aromatic heterocycles. The van der Waals surface area contributed by atoms with Crippen LogP contribution in [0.15, 0.2) is 103 Å². The van der Waals surface area contributed by atoms with Crippen molar-refractivity contribution in [2.45, 2.75) is 0 Å². The average Bonchev–Trinajstić information content (AvgIpc) is 3.57. The van der Waals surface area contributed by atoms with Crippen LogP contribution < -0.4 is 0 Å². The molecule has 8 rings (SSSR count). The molecule has 0 fully saturated rings. The Labute approximate surface area is 200 Å². The van der Waals surface area contributed by atoms with E-state index in [0.29, 0.717) is 0 Å². The molecule has 0 unspecified atom stereocenters. The second-order valence-electron chi connectivity index (χ2n) is 8.36. The summed E-state index contributed by atoms with van der Waals surface area (Å²) in [5.41, 5.74) is 4.02. The summed E-state index contributed by atoms with van der Waals surface area (Å²) in [6.45, 7) is 0. The van der Waals surface area contributed by atoms with Gasteiger partial charge in [0.25, 0.3) is 0 Å². The maximum absolute atomic E-state index is 8.65. The van der Waals surface area contributed by atoms with E-state index in [1.165, 1.54) is 20.9 Å². The zero-order valence-corrected chi connectivity index (χ0v) is 18.1. The molecule has 2 nitrogen and oxygen atoms in total. The first-order valence-electron chi connectivity index (χ1n) is 13.3. The first kappa shape index (κ1) is 13.5. The molecule has 0 saturated carbocycles. The zero-order valence-electron chi connectivity index (χ0n) is 22.3. The van der Waals surface area contributed by atoms with E-state index in [1.54, 1.807) is 11.3 Å². The SMILES string of the molecule is [2H]c1c([2H])c([2H])c(-n2c3ccccc3c3cc4c(cc32)sc2cc3[nH]c5ccccc5c3cc24)c([2H])c1[2H]. The van der Waals surface area contributed by atoms with Gasteiger partial charge in [-0.25, -0.2) is 0 Å². The quantitative estimate of drug-likeness (QED) is 0.262. The van der Waals surface area contributed by atoms with Crippen molar-refractivity contribution in [3.63, 3.8) is 0 Å². The van der Waals surface area contributed by atoms with Gasteiger partial charge in [0.05, 0.1) is 17.9 Å². The van der Waals surface area contributed by atoms with Crippen molar-refractivity contribution in [1.29, 1.82) is 0 Å². The molecule has 0 amide bonds. The fraction of sp³-hybridized carbons (Fsp3) is 0. The van der Waals surface area contributed by atoms with E-state index < -0.39 is 0 Å². The van der Waals surface area contributed by atoms with Crippen LogP contribution in [-0.2, 0) is 0 Å². The van der Waals surface area contributed by atoms with Crippen molar-refractivity contribution in [3.05, 3.63) is 103 Å². The van der Waals surface area contributed by atoms with Gasteiger partial charge in [-0.2, -0.15) is 0 Å². The van der Waals surface area contributed by atoms with Crippen molar-refractivity contribution >= 4 is 75.1 Å². The summed E-state index contributed by atoms with van der Waals surface area (Å²) in [5.74, 6) is 0. The molecule has 1 N–H and O–H groups in total. The Morgan fingerprint density at radius 2 is 1.33 bits per heavy atom. The standard InChI is InChI=1S/C30H18N2S/c1-2-8-18(9-3-1)32-27-13-7-5-11-20(27)22-15-24-23-14-21-19-10-4-6-12-25(19)31-26(21)16-29(23)33-30(24)17-28(22)32/h1-17,31H/i1D,2D,3D,8D,9D. The van der Waals surface area contributed by atoms with Gasteiger partial charge < -0.3 is 9.55 Å². The summed E-state index contributed by atoms with van der Waals surface area (Å²) in [5, 5.41) is 6.68. The fourth-order valence-electron chi connectivity index (χ4n) is 5.18. The number of rotatable bonds is 1. The molecule has 0 atom stereocenters. The van der Waals surface area contributed by atoms with Crippen LogP contribution in [0.1, 0.15) is 6.85 Å². The number of hydrogen-bond donors (Lipinski definition) is 1. The summed E-state index contributed by atoms with van der Waals surface area (Å²) in [6, 6.07) is 23.5. The highest BCUT2D eigenvalue weighted by Crippen LogP contribution is 2.42. The molecule has 8 aromatic rings. The number of para-hydroxylation sites is 3. The van der Waals surface area contributed by atoms with Crippen LogP contribution in [0, 0.1) is 0 Å². The lowest BCUT2D eigenvalue weighted by atomic mass is 10.1. The molecule has 0 saturated heterocycles. The summed E-state index contributed by atoms with van der Waals surface area (Å²) in [4.78, 5) is 3.53. The molecular formula is C30H18N2S. The molecule has 3 heteroatoms. The normalized spacial score (nSPS) is 14.4. The highest BCUT2D eigenvalue weighted by molar-refractivity contribution is 7.26. The van der Waals surface area contributed by atoms with Gasteiger partial charge in [0.15, 0.2) is 0 Å². The summed E-state index contributed by atoms with van der Waals surface area (Å²) in [7, 11) is 0. The van der Waals surface area contributed by atoms with Crippen molar-refractivity contribution in [3.8, 4) is 5.69 Å². The van der Waals surface area contributed by atoms with Crippen LogP contribution in [0.2, 0.25) is 0 Å². The maximum atomic E-state index is 8.65. The number of thiophene rings is 1. The van der Waals surface area contributed by atoms with Crippen LogP contribution in [-0.4, -0.2) is 9.55 Å². The molecule has 3 heterocycles. The Bertz CT molecular complexity index is 2280. The van der Waals surface area contributed by atoms with E-state index >= 15 is 0 Å². The lowest BCUT2D eigenvalue weighted by Gasteiger charge is -2.07. The second kappa shape index (κ2) is 6.25. The molecule has 5 aromatic carbocycles. The first-order valence-corrected chi connectivity index (χ1v) is 11.6. The van der Waals surface area contributed by atoms with E-state index in [0.717, 1.165) is 42.9 Å². The predicted octanol–water partition coefficient (Wildman–Crippen LogP) is 8.79. The lowest BCUT2D eigenvalue weighted by Crippen LogP contribution is -1.92. The highest BCUT2D eigenvalue weighted by atomic mass is 32.1. The van der Waals surface area contributed by atoms with Gasteiger partial charge in [-0.15, -0.1) is 11.3 Å². The third kappa shape index (κ3) is 2.32. The van der Waals surface area contributed by atoms with Gasteiger partial charge in [0.2, 0.25) is 0 Å². The number of benzene rings is 5. The third-order valence-corrected chi connectivity index (χ3v) is 7.72. The van der Waals surface area contributed by atoms with Crippen molar-refractivity contribution in [2.75, 3.05) is 0 Å². The molecule has 154 valence electrons. The first-order chi connectivity index (χ1) is 18.4. The van der Waals surface area contributed by atoms with E-state index in [4.69, 9.17) is 6.85 Å². The summed E-state index contributed by atoms with van der Waals surface area (Å²) >= 11 is 1.70. The molecule has 0 aliphatic rings. The minimum absolute atomic E-state index is 0.169. The van der Waals surface area contributed by atoms with Crippen molar-refractivity contribution in [1.82, 2.24) is 9.55 Å². The van der Waals surface area contributed by atoms with Gasteiger partial charge in [-0.1, -0.05) is 54.5 Å². The monoisotopic (exact) mass is 443 g/mol. The number of fused-ring (bicyclic) bond motifs is 9. The lowest BCUT2D eigenvalue weighted by molar-refractivity contribution is 1.18. The van der Waals surface area contributed by atoms with Gasteiger partial charge >= 0.3 is 0 Å². The van der Waals surface area contributed by atoms with Gasteiger partial charge in [0.1, 0.15) is 0 Å². The van der Waals surface area contributed by atoms with E-state index in [1.807, 2.05) is 34.9 Å². The van der Waals surface area contributed by atoms with Crippen LogP contribution in [0.25, 0.3) is 69.5 Å². The smallest absolute Gasteiger partial charge is 0.0645 e. The van der Waals surface area contributed by atoms with Crippen LogP contribution in [0.5, 0.6) is 0 Å². The van der Waals surface area contributed by atoms with Gasteiger partial charge in [-0.05, 0) is 48.5 Å². The van der Waals surface area contributed by atoms with Crippen LogP contribution in [0.3, 0.4) is 0 Å². The predicted molar refractivity (Wildman–Crippen MR) is 143 cm³/mol. The molecule has 0 aliphatic heterocycles. The molecule has 0 spiro atoms. The Morgan fingerprint density at radius 3 is 2.21 bits per heavy atom. The third-order valence-electron chi connectivity index (χ3n) is 6.60. The molecule has 0 bridgehead atoms. The van der Waals surface area contributed by atoms with E-state index in [-0.39, 0.29) is 35.9 Å². The Hall–Kier alpha value is -4.08. The largest absolute Gasteiger partial charge is 0.354 e. The molecule has 33 heavy (non-hydrogen) atoms. The summed E-state index contributed by atoms with van der Waals surface area (Å²) in [6.07, 6.45) is 0. The number of aromatic amines is 1. The van der Waals surface area contributed by atoms with E-state index in [9.17, 15) is 0 Å². The number of nitrogens with zero attached hydrogens (tertiary/aromatic N) is 1. The van der Waals surface area contributed by atoms with Crippen molar-refractivity contribution in [2.24, 2.45) is 0 Å². The highest BCUT2D eigenvalue weighted by Gasteiger charge is 2.16. The molecule has 0 radical (unpaired) electrons. The Kier molecular flexibility index (Phi) is 2.55. The number of H-pyrrole nitrogens is 1. The van der Waals surface area contributed by atoms with Crippen molar-refractivity contribution < 1.29 is 6.85 Å². The topological polar surface area (TPSA) is 20.7 Å². The Balaban J connectivity index is 1.52. The molecule has 0 aliphatic carbocycles. The minimum Gasteiger partial charge on any atom is -0.354 e. The number of hydrogen-bond acceptors (Lipinski definition) is 1. The Morgan fingerprint density at radius 1 is 0.606 bits per heavy atom. The number of nitrogens with one attached hydrogen (secondary N) is 1. The van der Waals surface area contributed by atoms with Crippen LogP contribution in [0.4, 0.5) is 0 Å². The number of aromatic nitrogens is 2. The zero-order chi connectivity index (χ0) is 25.9. The molecular weight excluding hydrogens is 420 g/mol. The second-order valence-corrected chi connectivity index (χ2v) is 9.44.